The molecular formula is C15H20N4O. The molecule has 1 N–H and O–H groups in total. The van der Waals surface area contributed by atoms with E-state index in [0.717, 1.165) is 6.42 Å². The predicted molar refractivity (Wildman–Crippen MR) is 77.7 cm³/mol. The molecule has 0 bridgehead atoms. The van der Waals surface area contributed by atoms with Crippen LogP contribution in [0, 0.1) is 5.92 Å². The average molecular weight is 272 g/mol. The fraction of sp³-hybridized carbons (Fsp3) is 0.400. The van der Waals surface area contributed by atoms with E-state index in [-0.39, 0.29) is 11.9 Å². The fourth-order valence-corrected chi connectivity index (χ4v) is 2.09. The van der Waals surface area contributed by atoms with Gasteiger partial charge in [-0.05, 0) is 24.5 Å². The summed E-state index contributed by atoms with van der Waals surface area (Å²) in [5.41, 5.74) is 0.614. The van der Waals surface area contributed by atoms with Gasteiger partial charge in [-0.1, -0.05) is 20.8 Å². The smallest absolute Gasteiger partial charge is 0.251 e. The van der Waals surface area contributed by atoms with Gasteiger partial charge in [0.1, 0.15) is 12.1 Å². The molecule has 0 radical (unpaired) electrons. The summed E-state index contributed by atoms with van der Waals surface area (Å²) in [6.45, 7) is 6.30. The van der Waals surface area contributed by atoms with E-state index in [1.54, 1.807) is 41.6 Å². The summed E-state index contributed by atoms with van der Waals surface area (Å²) in [6.07, 6.45) is 7.70. The average Bonchev–Trinajstić information content (AvgIpc) is 2.98. The molecule has 2 aromatic rings. The third kappa shape index (κ3) is 3.23. The Morgan fingerprint density at radius 2 is 2.20 bits per heavy atom. The van der Waals surface area contributed by atoms with Gasteiger partial charge >= 0.3 is 0 Å². The van der Waals surface area contributed by atoms with Crippen LogP contribution in [-0.4, -0.2) is 26.5 Å². The lowest BCUT2D eigenvalue weighted by molar-refractivity contribution is 0.0924. The number of carbonyl (C=O) groups is 1. The van der Waals surface area contributed by atoms with Crippen molar-refractivity contribution in [3.63, 3.8) is 0 Å². The zero-order valence-corrected chi connectivity index (χ0v) is 12.1. The third-order valence-corrected chi connectivity index (χ3v) is 3.34. The molecule has 20 heavy (non-hydrogen) atoms. The number of pyridine rings is 1. The van der Waals surface area contributed by atoms with Crippen molar-refractivity contribution in [2.75, 3.05) is 0 Å². The summed E-state index contributed by atoms with van der Waals surface area (Å²) in [5, 5.41) is 3.06. The molecule has 2 heterocycles. The largest absolute Gasteiger partial charge is 0.349 e. The summed E-state index contributed by atoms with van der Waals surface area (Å²) in [6, 6.07) is 3.68. The minimum absolute atomic E-state index is 0.0608. The number of rotatable bonds is 5. The van der Waals surface area contributed by atoms with Gasteiger partial charge in [0.15, 0.2) is 0 Å². The summed E-state index contributed by atoms with van der Waals surface area (Å²) in [4.78, 5) is 20.5. The van der Waals surface area contributed by atoms with Gasteiger partial charge < -0.3 is 5.32 Å². The van der Waals surface area contributed by atoms with Crippen LogP contribution >= 0.6 is 0 Å². The van der Waals surface area contributed by atoms with Gasteiger partial charge in [0.05, 0.1) is 0 Å². The lowest BCUT2D eigenvalue weighted by Crippen LogP contribution is -2.38. The number of nitrogens with zero attached hydrogens (tertiary/aromatic N) is 3. The highest BCUT2D eigenvalue weighted by Crippen LogP contribution is 2.10. The quantitative estimate of drug-likeness (QED) is 0.909. The van der Waals surface area contributed by atoms with Crippen molar-refractivity contribution in [3.05, 3.63) is 42.6 Å². The molecule has 0 saturated carbocycles. The third-order valence-electron chi connectivity index (χ3n) is 3.34. The van der Waals surface area contributed by atoms with Crippen molar-refractivity contribution in [2.24, 2.45) is 5.92 Å². The minimum Gasteiger partial charge on any atom is -0.349 e. The van der Waals surface area contributed by atoms with Crippen molar-refractivity contribution < 1.29 is 4.79 Å². The first kappa shape index (κ1) is 14.2. The molecular weight excluding hydrogens is 252 g/mol. The van der Waals surface area contributed by atoms with E-state index in [2.05, 4.69) is 36.1 Å². The molecule has 0 unspecified atom stereocenters. The lowest BCUT2D eigenvalue weighted by Gasteiger charge is -2.20. The van der Waals surface area contributed by atoms with Crippen molar-refractivity contribution in [1.82, 2.24) is 19.9 Å². The van der Waals surface area contributed by atoms with Crippen molar-refractivity contribution in [2.45, 2.75) is 33.2 Å². The van der Waals surface area contributed by atoms with Gasteiger partial charge in [-0.15, -0.1) is 0 Å². The van der Waals surface area contributed by atoms with Crippen LogP contribution in [0.4, 0.5) is 0 Å². The second-order valence-corrected chi connectivity index (χ2v) is 5.10. The fourth-order valence-electron chi connectivity index (χ4n) is 2.09. The lowest BCUT2D eigenvalue weighted by atomic mass is 10.0. The van der Waals surface area contributed by atoms with Gasteiger partial charge in [0.25, 0.3) is 5.91 Å². The molecule has 0 saturated heterocycles. The topological polar surface area (TPSA) is 59.8 Å². The highest BCUT2D eigenvalue weighted by atomic mass is 16.1. The predicted octanol–water partition coefficient (Wildman–Crippen LogP) is 2.43. The van der Waals surface area contributed by atoms with E-state index in [1.165, 1.54) is 0 Å². The van der Waals surface area contributed by atoms with Crippen LogP contribution in [-0.2, 0) is 0 Å². The van der Waals surface area contributed by atoms with Crippen molar-refractivity contribution in [1.29, 1.82) is 0 Å². The van der Waals surface area contributed by atoms with Crippen LogP contribution in [0.3, 0.4) is 0 Å². The van der Waals surface area contributed by atoms with Gasteiger partial charge in [-0.25, -0.2) is 9.97 Å². The van der Waals surface area contributed by atoms with Crippen LogP contribution in [0.25, 0.3) is 5.82 Å². The molecule has 0 aliphatic rings. The maximum absolute atomic E-state index is 12.3. The Bertz CT molecular complexity index is 563. The number of amides is 1. The molecule has 5 nitrogen and oxygen atoms in total. The van der Waals surface area contributed by atoms with Gasteiger partial charge in [-0.2, -0.15) is 0 Å². The molecule has 0 spiro atoms. The van der Waals surface area contributed by atoms with Crippen LogP contribution in [0.15, 0.2) is 37.1 Å². The molecule has 1 atom stereocenters. The number of aromatic nitrogens is 3. The minimum atomic E-state index is -0.0608. The second kappa shape index (κ2) is 6.32. The van der Waals surface area contributed by atoms with E-state index in [4.69, 9.17) is 0 Å². The molecule has 0 aromatic carbocycles. The number of carbonyl (C=O) groups excluding carboxylic acids is 1. The highest BCUT2D eigenvalue weighted by molar-refractivity contribution is 5.94. The zero-order chi connectivity index (χ0) is 14.5. The molecule has 0 fully saturated rings. The zero-order valence-electron chi connectivity index (χ0n) is 12.1. The summed E-state index contributed by atoms with van der Waals surface area (Å²) < 4.78 is 1.77. The first-order valence-electron chi connectivity index (χ1n) is 6.87. The van der Waals surface area contributed by atoms with Gasteiger partial charge in [-0.3, -0.25) is 9.36 Å². The molecule has 0 aliphatic heterocycles. The first-order chi connectivity index (χ1) is 9.61. The number of nitrogens with one attached hydrogen (secondary N) is 1. The number of hydrogen-bond acceptors (Lipinski definition) is 3. The monoisotopic (exact) mass is 272 g/mol. The maximum Gasteiger partial charge on any atom is 0.251 e. The molecule has 2 rings (SSSR count). The van der Waals surface area contributed by atoms with E-state index in [1.807, 2.05) is 0 Å². The summed E-state index contributed by atoms with van der Waals surface area (Å²) in [7, 11) is 0. The Labute approximate surface area is 119 Å². The normalized spacial score (nSPS) is 12.4. The van der Waals surface area contributed by atoms with E-state index < -0.39 is 0 Å². The van der Waals surface area contributed by atoms with Gasteiger partial charge in [0.2, 0.25) is 0 Å². The highest BCUT2D eigenvalue weighted by Gasteiger charge is 2.15. The Morgan fingerprint density at radius 1 is 1.40 bits per heavy atom. The van der Waals surface area contributed by atoms with Crippen LogP contribution in [0.5, 0.6) is 0 Å². The summed E-state index contributed by atoms with van der Waals surface area (Å²) in [5.74, 6) is 1.04. The maximum atomic E-state index is 12.3. The molecule has 1 amide bonds. The Hall–Kier alpha value is -2.17. The standard InChI is InChI=1S/C15H20N4O/c1-4-13(11(2)3)18-15(20)12-5-6-17-14(9-12)19-8-7-16-10-19/h5-11,13H,4H2,1-3H3,(H,18,20)/t13-/m0/s1. The van der Waals surface area contributed by atoms with Crippen molar-refractivity contribution >= 4 is 5.91 Å². The second-order valence-electron chi connectivity index (χ2n) is 5.10. The summed E-state index contributed by atoms with van der Waals surface area (Å²) >= 11 is 0. The SMILES string of the molecule is CC[C@H](NC(=O)c1ccnc(-n2ccnc2)c1)C(C)C. The van der Waals surface area contributed by atoms with E-state index in [0.29, 0.717) is 17.3 Å². The van der Waals surface area contributed by atoms with Gasteiger partial charge in [0, 0.05) is 30.2 Å². The molecule has 2 aromatic heterocycles. The van der Waals surface area contributed by atoms with Crippen LogP contribution in [0.2, 0.25) is 0 Å². The van der Waals surface area contributed by atoms with E-state index in [9.17, 15) is 4.79 Å². The number of imidazole rings is 1. The Kier molecular flexibility index (Phi) is 4.50. The van der Waals surface area contributed by atoms with E-state index >= 15 is 0 Å². The Morgan fingerprint density at radius 3 is 2.80 bits per heavy atom. The molecule has 5 heteroatoms. The molecule has 0 aliphatic carbocycles. The first-order valence-corrected chi connectivity index (χ1v) is 6.87. The van der Waals surface area contributed by atoms with Crippen LogP contribution in [0.1, 0.15) is 37.6 Å². The van der Waals surface area contributed by atoms with Crippen LogP contribution < -0.4 is 5.32 Å². The van der Waals surface area contributed by atoms with Crippen molar-refractivity contribution in [3.8, 4) is 5.82 Å². The number of hydrogen-bond donors (Lipinski definition) is 1. The molecule has 106 valence electrons. The Balaban J connectivity index is 2.17.